The Bertz CT molecular complexity index is 503. The molecule has 0 saturated carbocycles. The van der Waals surface area contributed by atoms with Gasteiger partial charge < -0.3 is 10.1 Å². The lowest BCUT2D eigenvalue weighted by atomic mass is 10.2. The molecule has 5 heteroatoms. The molecule has 1 aromatic heterocycles. The van der Waals surface area contributed by atoms with Crippen molar-refractivity contribution in [1.82, 2.24) is 4.98 Å². The van der Waals surface area contributed by atoms with E-state index in [2.05, 4.69) is 10.3 Å². The molecule has 17 heavy (non-hydrogen) atoms. The van der Waals surface area contributed by atoms with E-state index >= 15 is 0 Å². The Balaban J connectivity index is 1.98. The molecule has 1 heterocycles. The maximum atomic E-state index is 11.5. The molecule has 2 aromatic rings. The van der Waals surface area contributed by atoms with Gasteiger partial charge in [0.25, 0.3) is 0 Å². The molecule has 0 fully saturated rings. The molecule has 0 radical (unpaired) electrons. The normalized spacial score (nSPS) is 10.4. The van der Waals surface area contributed by atoms with Gasteiger partial charge in [-0.1, -0.05) is 23.5 Å². The summed E-state index contributed by atoms with van der Waals surface area (Å²) in [6, 6.07) is 7.73. The van der Waals surface area contributed by atoms with Crippen LogP contribution in [0.15, 0.2) is 24.3 Å². The van der Waals surface area contributed by atoms with Crippen LogP contribution in [-0.2, 0) is 9.59 Å². The minimum Gasteiger partial charge on any atom is -0.303 e. The second kappa shape index (κ2) is 5.54. The van der Waals surface area contributed by atoms with Crippen molar-refractivity contribution in [1.29, 1.82) is 0 Å². The molecule has 0 atom stereocenters. The number of anilines is 1. The van der Waals surface area contributed by atoms with Crippen molar-refractivity contribution in [2.75, 3.05) is 5.32 Å². The Hall–Kier alpha value is -1.75. The molecular formula is C12H12N2O2S. The van der Waals surface area contributed by atoms with Crippen molar-refractivity contribution in [3.8, 4) is 0 Å². The van der Waals surface area contributed by atoms with Gasteiger partial charge in [0.15, 0.2) is 5.13 Å². The number of carbonyl (C=O) groups is 2. The van der Waals surface area contributed by atoms with E-state index in [1.165, 1.54) is 11.3 Å². The fraction of sp³-hybridized carbons (Fsp3) is 0.250. The molecule has 88 valence electrons. The summed E-state index contributed by atoms with van der Waals surface area (Å²) in [5.74, 6) is -0.0918. The Labute approximate surface area is 103 Å². The molecule has 1 aromatic carbocycles. The summed E-state index contributed by atoms with van der Waals surface area (Å²) in [5.41, 5.74) is 0.890. The third-order valence-electron chi connectivity index (χ3n) is 2.27. The van der Waals surface area contributed by atoms with E-state index in [-0.39, 0.29) is 5.91 Å². The lowest BCUT2D eigenvalue weighted by Gasteiger charge is -1.98. The van der Waals surface area contributed by atoms with Gasteiger partial charge in [-0.05, 0) is 18.6 Å². The number of nitrogens with zero attached hydrogens (tertiary/aromatic N) is 1. The van der Waals surface area contributed by atoms with Gasteiger partial charge in [0.1, 0.15) is 6.29 Å². The highest BCUT2D eigenvalue weighted by atomic mass is 32.1. The first-order valence-electron chi connectivity index (χ1n) is 5.38. The van der Waals surface area contributed by atoms with Crippen LogP contribution in [0.25, 0.3) is 10.2 Å². The average molecular weight is 248 g/mol. The summed E-state index contributed by atoms with van der Waals surface area (Å²) < 4.78 is 1.05. The van der Waals surface area contributed by atoms with E-state index < -0.39 is 0 Å². The summed E-state index contributed by atoms with van der Waals surface area (Å²) in [5, 5.41) is 3.36. The number of rotatable bonds is 5. The van der Waals surface area contributed by atoms with Crippen molar-refractivity contribution in [3.05, 3.63) is 24.3 Å². The van der Waals surface area contributed by atoms with Gasteiger partial charge in [-0.15, -0.1) is 0 Å². The summed E-state index contributed by atoms with van der Waals surface area (Å²) in [4.78, 5) is 25.9. The number of carbonyl (C=O) groups excluding carboxylic acids is 2. The number of thiazole rings is 1. The minimum absolute atomic E-state index is 0.0918. The number of amides is 1. The third kappa shape index (κ3) is 3.10. The first-order chi connectivity index (χ1) is 8.29. The first kappa shape index (κ1) is 11.7. The summed E-state index contributed by atoms with van der Waals surface area (Å²) in [7, 11) is 0. The zero-order valence-electron chi connectivity index (χ0n) is 9.18. The summed E-state index contributed by atoms with van der Waals surface area (Å²) in [6.45, 7) is 0. The molecule has 4 nitrogen and oxygen atoms in total. The summed E-state index contributed by atoms with van der Waals surface area (Å²) >= 11 is 1.45. The predicted molar refractivity (Wildman–Crippen MR) is 68.2 cm³/mol. The van der Waals surface area contributed by atoms with Crippen LogP contribution in [0, 0.1) is 0 Å². The molecule has 1 N–H and O–H groups in total. The molecule has 0 saturated heterocycles. The number of unbranched alkanes of at least 4 members (excludes halogenated alkanes) is 1. The van der Waals surface area contributed by atoms with Gasteiger partial charge >= 0.3 is 0 Å². The van der Waals surface area contributed by atoms with Crippen LogP contribution in [-0.4, -0.2) is 17.2 Å². The van der Waals surface area contributed by atoms with Crippen LogP contribution in [0.2, 0.25) is 0 Å². The minimum atomic E-state index is -0.0918. The maximum Gasteiger partial charge on any atom is 0.226 e. The molecular weight excluding hydrogens is 236 g/mol. The van der Waals surface area contributed by atoms with Gasteiger partial charge in [-0.3, -0.25) is 4.79 Å². The van der Waals surface area contributed by atoms with Gasteiger partial charge in [0.05, 0.1) is 10.2 Å². The van der Waals surface area contributed by atoms with Gasteiger partial charge in [-0.2, -0.15) is 0 Å². The van der Waals surface area contributed by atoms with Crippen LogP contribution >= 0.6 is 11.3 Å². The number of para-hydroxylation sites is 1. The van der Waals surface area contributed by atoms with Crippen molar-refractivity contribution >= 4 is 38.9 Å². The van der Waals surface area contributed by atoms with Gasteiger partial charge in [0, 0.05) is 12.8 Å². The quantitative estimate of drug-likeness (QED) is 0.653. The largest absolute Gasteiger partial charge is 0.303 e. The lowest BCUT2D eigenvalue weighted by Crippen LogP contribution is -2.10. The van der Waals surface area contributed by atoms with Gasteiger partial charge in [0.2, 0.25) is 5.91 Å². The fourth-order valence-corrected chi connectivity index (χ4v) is 2.34. The van der Waals surface area contributed by atoms with Crippen molar-refractivity contribution in [2.45, 2.75) is 19.3 Å². The second-order valence-corrected chi connectivity index (χ2v) is 4.62. The Morgan fingerprint density at radius 3 is 3.00 bits per heavy atom. The number of hydrogen-bond acceptors (Lipinski definition) is 4. The predicted octanol–water partition coefficient (Wildman–Crippen LogP) is 2.60. The first-order valence-corrected chi connectivity index (χ1v) is 6.20. The van der Waals surface area contributed by atoms with E-state index in [9.17, 15) is 9.59 Å². The lowest BCUT2D eigenvalue weighted by molar-refractivity contribution is -0.116. The number of nitrogens with one attached hydrogen (secondary N) is 1. The zero-order valence-corrected chi connectivity index (χ0v) is 10.00. The monoisotopic (exact) mass is 248 g/mol. The molecule has 0 aliphatic carbocycles. The van der Waals surface area contributed by atoms with E-state index in [0.29, 0.717) is 24.4 Å². The molecule has 0 aliphatic heterocycles. The summed E-state index contributed by atoms with van der Waals surface area (Å²) in [6.07, 6.45) is 2.19. The zero-order chi connectivity index (χ0) is 12.1. The van der Waals surface area contributed by atoms with Crippen molar-refractivity contribution in [2.24, 2.45) is 0 Å². The Morgan fingerprint density at radius 1 is 1.41 bits per heavy atom. The molecule has 2 rings (SSSR count). The van der Waals surface area contributed by atoms with E-state index in [4.69, 9.17) is 0 Å². The van der Waals surface area contributed by atoms with Crippen LogP contribution in [0.4, 0.5) is 5.13 Å². The average Bonchev–Trinajstić information content (AvgIpc) is 2.71. The van der Waals surface area contributed by atoms with E-state index in [1.807, 2.05) is 24.3 Å². The molecule has 0 unspecified atom stereocenters. The van der Waals surface area contributed by atoms with E-state index in [0.717, 1.165) is 16.5 Å². The smallest absolute Gasteiger partial charge is 0.226 e. The van der Waals surface area contributed by atoms with E-state index in [1.54, 1.807) is 0 Å². The number of fused-ring (bicyclic) bond motifs is 1. The Kier molecular flexibility index (Phi) is 3.82. The molecule has 0 aliphatic rings. The highest BCUT2D eigenvalue weighted by molar-refractivity contribution is 7.22. The highest BCUT2D eigenvalue weighted by Crippen LogP contribution is 2.25. The number of aldehydes is 1. The maximum absolute atomic E-state index is 11.5. The number of benzene rings is 1. The third-order valence-corrected chi connectivity index (χ3v) is 3.22. The Morgan fingerprint density at radius 2 is 2.24 bits per heavy atom. The van der Waals surface area contributed by atoms with Crippen LogP contribution < -0.4 is 5.32 Å². The molecule has 0 spiro atoms. The molecule has 1 amide bonds. The number of aromatic nitrogens is 1. The molecule has 0 bridgehead atoms. The van der Waals surface area contributed by atoms with Crippen LogP contribution in [0.1, 0.15) is 19.3 Å². The topological polar surface area (TPSA) is 59.1 Å². The fourth-order valence-electron chi connectivity index (χ4n) is 1.45. The van der Waals surface area contributed by atoms with Crippen LogP contribution in [0.5, 0.6) is 0 Å². The highest BCUT2D eigenvalue weighted by Gasteiger charge is 2.06. The van der Waals surface area contributed by atoms with Gasteiger partial charge in [-0.25, -0.2) is 4.98 Å². The SMILES string of the molecule is O=CCCCC(=O)Nc1nc2ccccc2s1. The number of hydrogen-bond donors (Lipinski definition) is 1. The van der Waals surface area contributed by atoms with Crippen molar-refractivity contribution < 1.29 is 9.59 Å². The van der Waals surface area contributed by atoms with Crippen LogP contribution in [0.3, 0.4) is 0 Å². The second-order valence-electron chi connectivity index (χ2n) is 3.59. The standard InChI is InChI=1S/C12H12N2O2S/c15-8-4-3-7-11(16)14-12-13-9-5-1-2-6-10(9)17-12/h1-2,5-6,8H,3-4,7H2,(H,13,14,16). The van der Waals surface area contributed by atoms with Crippen molar-refractivity contribution in [3.63, 3.8) is 0 Å².